The van der Waals surface area contributed by atoms with Gasteiger partial charge in [0.15, 0.2) is 6.61 Å². The van der Waals surface area contributed by atoms with Crippen LogP contribution in [0.2, 0.25) is 5.02 Å². The molecule has 0 aliphatic rings. The molecule has 4 nitrogen and oxygen atoms in total. The third kappa shape index (κ3) is 4.61. The van der Waals surface area contributed by atoms with E-state index in [4.69, 9.17) is 16.4 Å². The Hall–Kier alpha value is -2.33. The fraction of sp³-hybridized carbons (Fsp3) is 0.125. The first-order valence-electron chi connectivity index (χ1n) is 6.39. The summed E-state index contributed by atoms with van der Waals surface area (Å²) >= 11 is 5.78. The Balaban J connectivity index is 1.83. The highest BCUT2D eigenvalue weighted by atomic mass is 35.5. The van der Waals surface area contributed by atoms with Crippen molar-refractivity contribution in [3.05, 3.63) is 65.2 Å². The average molecular weight is 303 g/mol. The Morgan fingerprint density at radius 1 is 1.19 bits per heavy atom. The van der Waals surface area contributed by atoms with E-state index in [9.17, 15) is 4.79 Å². The molecule has 0 N–H and O–H groups in total. The normalized spacial score (nSPS) is 10.6. The second-order valence-electron chi connectivity index (χ2n) is 4.35. The predicted octanol–water partition coefficient (Wildman–Crippen LogP) is 3.35. The Kier molecular flexibility index (Phi) is 5.35. The predicted molar refractivity (Wildman–Crippen MR) is 84.9 cm³/mol. The van der Waals surface area contributed by atoms with Gasteiger partial charge < -0.3 is 9.74 Å². The van der Waals surface area contributed by atoms with Crippen LogP contribution in [-0.4, -0.2) is 25.8 Å². The van der Waals surface area contributed by atoms with Crippen LogP contribution in [0.5, 0.6) is 0 Å². The lowest BCUT2D eigenvalue weighted by atomic mass is 10.2. The van der Waals surface area contributed by atoms with Crippen molar-refractivity contribution in [2.45, 2.75) is 0 Å². The number of hydrogen-bond acceptors (Lipinski definition) is 3. The smallest absolute Gasteiger partial charge is 0.267 e. The molecule has 0 spiro atoms. The first kappa shape index (κ1) is 15.1. The van der Waals surface area contributed by atoms with Crippen LogP contribution < -0.4 is 4.90 Å². The van der Waals surface area contributed by atoms with Gasteiger partial charge in [-0.25, -0.2) is 0 Å². The second-order valence-corrected chi connectivity index (χ2v) is 4.78. The van der Waals surface area contributed by atoms with Gasteiger partial charge in [0.05, 0.1) is 6.21 Å². The minimum Gasteiger partial charge on any atom is -0.386 e. The number of carbonyl (C=O) groups is 1. The Labute approximate surface area is 128 Å². The molecule has 0 heterocycles. The highest BCUT2D eigenvalue weighted by molar-refractivity contribution is 6.30. The van der Waals surface area contributed by atoms with Crippen LogP contribution in [0.1, 0.15) is 5.56 Å². The van der Waals surface area contributed by atoms with Gasteiger partial charge in [0.1, 0.15) is 0 Å². The summed E-state index contributed by atoms with van der Waals surface area (Å²) < 4.78 is 0. The van der Waals surface area contributed by atoms with Crippen molar-refractivity contribution in [2.75, 3.05) is 18.6 Å². The van der Waals surface area contributed by atoms with Crippen LogP contribution in [0.4, 0.5) is 5.69 Å². The molecule has 0 radical (unpaired) electrons. The van der Waals surface area contributed by atoms with Crippen molar-refractivity contribution in [1.29, 1.82) is 0 Å². The molecule has 0 saturated heterocycles. The molecule has 0 aliphatic heterocycles. The number of rotatable bonds is 5. The first-order valence-corrected chi connectivity index (χ1v) is 6.77. The molecule has 21 heavy (non-hydrogen) atoms. The Bertz CT molecular complexity index is 612. The van der Waals surface area contributed by atoms with E-state index in [2.05, 4.69) is 5.16 Å². The molecule has 108 valence electrons. The van der Waals surface area contributed by atoms with Crippen LogP contribution in [0.3, 0.4) is 0 Å². The number of halogens is 1. The lowest BCUT2D eigenvalue weighted by Crippen LogP contribution is -2.29. The maximum atomic E-state index is 11.9. The number of hydrogen-bond donors (Lipinski definition) is 0. The highest BCUT2D eigenvalue weighted by Gasteiger charge is 2.10. The van der Waals surface area contributed by atoms with Gasteiger partial charge in [-0.2, -0.15) is 0 Å². The van der Waals surface area contributed by atoms with E-state index in [0.717, 1.165) is 11.3 Å². The molecule has 0 unspecified atom stereocenters. The summed E-state index contributed by atoms with van der Waals surface area (Å²) in [6.07, 6.45) is 1.53. The van der Waals surface area contributed by atoms with Crippen molar-refractivity contribution in [1.82, 2.24) is 0 Å². The van der Waals surface area contributed by atoms with Gasteiger partial charge in [0, 0.05) is 17.8 Å². The van der Waals surface area contributed by atoms with Gasteiger partial charge in [-0.15, -0.1) is 0 Å². The topological polar surface area (TPSA) is 41.9 Å². The zero-order valence-electron chi connectivity index (χ0n) is 11.6. The molecule has 2 rings (SSSR count). The molecular formula is C16H15ClN2O2. The van der Waals surface area contributed by atoms with Gasteiger partial charge in [0.2, 0.25) is 0 Å². The van der Waals surface area contributed by atoms with Crippen LogP contribution in [0.15, 0.2) is 59.8 Å². The maximum Gasteiger partial charge on any atom is 0.267 e. The van der Waals surface area contributed by atoms with Crippen molar-refractivity contribution in [3.63, 3.8) is 0 Å². The minimum absolute atomic E-state index is 0.116. The Morgan fingerprint density at radius 3 is 2.52 bits per heavy atom. The maximum absolute atomic E-state index is 11.9. The molecule has 0 fully saturated rings. The lowest BCUT2D eigenvalue weighted by Gasteiger charge is -2.16. The van der Waals surface area contributed by atoms with Crippen LogP contribution in [-0.2, 0) is 9.63 Å². The molecule has 0 aliphatic carbocycles. The van der Waals surface area contributed by atoms with Crippen molar-refractivity contribution in [2.24, 2.45) is 5.16 Å². The number of likely N-dealkylation sites (N-methyl/N-ethyl adjacent to an activating group) is 1. The third-order valence-electron chi connectivity index (χ3n) is 2.85. The fourth-order valence-electron chi connectivity index (χ4n) is 1.63. The Morgan fingerprint density at radius 2 is 1.86 bits per heavy atom. The standard InChI is InChI=1S/C16H15ClN2O2/c1-19(15-5-3-2-4-6-15)16(20)12-21-18-11-13-7-9-14(17)10-8-13/h2-11H,12H2,1H3. The molecule has 0 saturated carbocycles. The average Bonchev–Trinajstić information content (AvgIpc) is 2.53. The van der Waals surface area contributed by atoms with E-state index in [1.807, 2.05) is 42.5 Å². The zero-order valence-corrected chi connectivity index (χ0v) is 12.3. The van der Waals surface area contributed by atoms with Gasteiger partial charge in [-0.05, 0) is 29.8 Å². The number of nitrogens with zero attached hydrogens (tertiary/aromatic N) is 2. The first-order chi connectivity index (χ1) is 10.2. The summed E-state index contributed by atoms with van der Waals surface area (Å²) in [6.45, 7) is -0.116. The fourth-order valence-corrected chi connectivity index (χ4v) is 1.76. The summed E-state index contributed by atoms with van der Waals surface area (Å²) in [5, 5.41) is 4.43. The van der Waals surface area contributed by atoms with Crippen molar-refractivity contribution in [3.8, 4) is 0 Å². The van der Waals surface area contributed by atoms with E-state index in [1.165, 1.54) is 11.1 Å². The number of amides is 1. The highest BCUT2D eigenvalue weighted by Crippen LogP contribution is 2.11. The van der Waals surface area contributed by atoms with E-state index in [-0.39, 0.29) is 12.5 Å². The molecular weight excluding hydrogens is 288 g/mol. The third-order valence-corrected chi connectivity index (χ3v) is 3.10. The van der Waals surface area contributed by atoms with Crippen molar-refractivity contribution < 1.29 is 9.63 Å². The number of carbonyl (C=O) groups excluding carboxylic acids is 1. The SMILES string of the molecule is CN(C(=O)CON=Cc1ccc(Cl)cc1)c1ccccc1. The van der Waals surface area contributed by atoms with Crippen molar-refractivity contribution >= 4 is 29.4 Å². The minimum atomic E-state index is -0.172. The molecule has 2 aromatic carbocycles. The number of oxime groups is 1. The van der Waals surface area contributed by atoms with E-state index in [1.54, 1.807) is 19.2 Å². The lowest BCUT2D eigenvalue weighted by molar-refractivity contribution is -0.122. The van der Waals surface area contributed by atoms with Gasteiger partial charge >= 0.3 is 0 Å². The van der Waals surface area contributed by atoms with Crippen LogP contribution >= 0.6 is 11.6 Å². The molecule has 0 atom stereocenters. The number of benzene rings is 2. The summed E-state index contributed by atoms with van der Waals surface area (Å²) in [6, 6.07) is 16.5. The molecule has 0 bridgehead atoms. The molecule has 0 aromatic heterocycles. The summed E-state index contributed by atoms with van der Waals surface area (Å²) in [7, 11) is 1.70. The second kappa shape index (κ2) is 7.45. The number of anilines is 1. The molecule has 2 aromatic rings. The zero-order chi connectivity index (χ0) is 15.1. The quantitative estimate of drug-likeness (QED) is 0.628. The van der Waals surface area contributed by atoms with Gasteiger partial charge in [0.25, 0.3) is 5.91 Å². The van der Waals surface area contributed by atoms with E-state index in [0.29, 0.717) is 5.02 Å². The monoisotopic (exact) mass is 302 g/mol. The number of para-hydroxylation sites is 1. The van der Waals surface area contributed by atoms with Crippen LogP contribution in [0, 0.1) is 0 Å². The molecule has 1 amide bonds. The largest absolute Gasteiger partial charge is 0.386 e. The van der Waals surface area contributed by atoms with Crippen LogP contribution in [0.25, 0.3) is 0 Å². The summed E-state index contributed by atoms with van der Waals surface area (Å²) in [5.74, 6) is -0.172. The van der Waals surface area contributed by atoms with E-state index < -0.39 is 0 Å². The summed E-state index contributed by atoms with van der Waals surface area (Å²) in [5.41, 5.74) is 1.66. The van der Waals surface area contributed by atoms with Gasteiger partial charge in [-0.1, -0.05) is 47.1 Å². The molecule has 5 heteroatoms. The van der Waals surface area contributed by atoms with Gasteiger partial charge in [-0.3, -0.25) is 4.79 Å². The summed E-state index contributed by atoms with van der Waals surface area (Å²) in [4.78, 5) is 18.5. The van der Waals surface area contributed by atoms with E-state index >= 15 is 0 Å².